The summed E-state index contributed by atoms with van der Waals surface area (Å²) in [7, 11) is 0. The number of rotatable bonds is 10. The van der Waals surface area contributed by atoms with E-state index in [1.807, 2.05) is 6.92 Å². The summed E-state index contributed by atoms with van der Waals surface area (Å²) in [5.74, 6) is 0.685. The molecule has 0 spiro atoms. The molecule has 1 amide bonds. The van der Waals surface area contributed by atoms with Gasteiger partial charge < -0.3 is 15.8 Å². The van der Waals surface area contributed by atoms with Crippen LogP contribution in [0.25, 0.3) is 0 Å². The fourth-order valence-electron chi connectivity index (χ4n) is 2.23. The van der Waals surface area contributed by atoms with E-state index in [9.17, 15) is 4.79 Å². The fourth-order valence-corrected chi connectivity index (χ4v) is 2.23. The number of carbonyl (C=O) groups excluding carboxylic acids is 1. The van der Waals surface area contributed by atoms with Gasteiger partial charge in [-0.15, -0.1) is 0 Å². The predicted molar refractivity (Wildman–Crippen MR) is 71.2 cm³/mol. The van der Waals surface area contributed by atoms with Crippen LogP contribution >= 0.6 is 0 Å². The minimum Gasteiger partial charge on any atom is -0.381 e. The first-order valence-corrected chi connectivity index (χ1v) is 7.25. The van der Waals surface area contributed by atoms with E-state index >= 15 is 0 Å². The van der Waals surface area contributed by atoms with E-state index < -0.39 is 5.54 Å². The second-order valence-electron chi connectivity index (χ2n) is 6.06. The average molecular weight is 254 g/mol. The molecule has 0 aromatic carbocycles. The Balaban J connectivity index is 1.57. The lowest BCUT2D eigenvalue weighted by molar-refractivity contribution is -0.124. The third-order valence-electron chi connectivity index (χ3n) is 3.98. The van der Waals surface area contributed by atoms with E-state index in [4.69, 9.17) is 10.5 Å². The lowest BCUT2D eigenvalue weighted by Gasteiger charge is -2.27. The summed E-state index contributed by atoms with van der Waals surface area (Å²) in [6.07, 6.45) is 7.96. The van der Waals surface area contributed by atoms with Crippen LogP contribution in [0, 0.1) is 5.92 Å². The number of primary amides is 1. The molecule has 18 heavy (non-hydrogen) atoms. The molecule has 2 saturated carbocycles. The highest BCUT2D eigenvalue weighted by Crippen LogP contribution is 2.32. The van der Waals surface area contributed by atoms with Gasteiger partial charge in [0.15, 0.2) is 0 Å². The van der Waals surface area contributed by atoms with E-state index in [0.717, 1.165) is 32.0 Å². The maximum absolute atomic E-state index is 11.5. The van der Waals surface area contributed by atoms with Gasteiger partial charge in [-0.3, -0.25) is 4.79 Å². The largest absolute Gasteiger partial charge is 0.381 e. The van der Waals surface area contributed by atoms with Gasteiger partial charge in [-0.2, -0.15) is 0 Å². The molecule has 1 unspecified atom stereocenters. The van der Waals surface area contributed by atoms with Gasteiger partial charge in [0, 0.05) is 19.3 Å². The van der Waals surface area contributed by atoms with Crippen LogP contribution in [0.2, 0.25) is 0 Å². The average Bonchev–Trinajstić information content (AvgIpc) is 3.17. The van der Waals surface area contributed by atoms with Crippen LogP contribution in [0.4, 0.5) is 0 Å². The number of hydrogen-bond acceptors (Lipinski definition) is 3. The van der Waals surface area contributed by atoms with Gasteiger partial charge >= 0.3 is 0 Å². The second kappa shape index (κ2) is 6.02. The number of nitrogens with two attached hydrogens (primary N) is 1. The van der Waals surface area contributed by atoms with Gasteiger partial charge in [-0.05, 0) is 44.9 Å². The van der Waals surface area contributed by atoms with Crippen LogP contribution in [-0.2, 0) is 9.53 Å². The van der Waals surface area contributed by atoms with Gasteiger partial charge in [0.2, 0.25) is 5.91 Å². The molecule has 104 valence electrons. The molecule has 0 aliphatic heterocycles. The molecule has 0 bridgehead atoms. The van der Waals surface area contributed by atoms with Crippen LogP contribution in [0.15, 0.2) is 0 Å². The number of ether oxygens (including phenoxy) is 1. The molecule has 0 saturated heterocycles. The maximum Gasteiger partial charge on any atom is 0.237 e. The third-order valence-corrected chi connectivity index (χ3v) is 3.98. The summed E-state index contributed by atoms with van der Waals surface area (Å²) in [6, 6.07) is 0.498. The number of hydrogen-bond donors (Lipinski definition) is 2. The minimum absolute atomic E-state index is 0.243. The highest BCUT2D eigenvalue weighted by atomic mass is 16.5. The van der Waals surface area contributed by atoms with Crippen LogP contribution in [0.5, 0.6) is 0 Å². The van der Waals surface area contributed by atoms with Crippen molar-refractivity contribution in [1.29, 1.82) is 0 Å². The molecular weight excluding hydrogens is 228 g/mol. The standard InChI is InChI=1S/C14H26N2O2/c1-14(13(15)17,16-12-5-6-12)8-2-9-18-10-7-11-3-4-11/h11-12,16H,2-10H2,1H3,(H2,15,17). The summed E-state index contributed by atoms with van der Waals surface area (Å²) in [4.78, 5) is 11.5. The van der Waals surface area contributed by atoms with E-state index in [0.29, 0.717) is 6.04 Å². The van der Waals surface area contributed by atoms with E-state index in [1.54, 1.807) is 0 Å². The van der Waals surface area contributed by atoms with Crippen molar-refractivity contribution in [1.82, 2.24) is 5.32 Å². The summed E-state index contributed by atoms with van der Waals surface area (Å²) < 4.78 is 5.60. The fraction of sp³-hybridized carbons (Fsp3) is 0.929. The van der Waals surface area contributed by atoms with Crippen LogP contribution in [0.3, 0.4) is 0 Å². The van der Waals surface area contributed by atoms with Crippen molar-refractivity contribution in [3.63, 3.8) is 0 Å². The molecule has 2 fully saturated rings. The van der Waals surface area contributed by atoms with Crippen molar-refractivity contribution in [2.24, 2.45) is 11.7 Å². The first-order valence-electron chi connectivity index (χ1n) is 7.25. The van der Waals surface area contributed by atoms with Crippen LogP contribution in [0.1, 0.15) is 51.9 Å². The smallest absolute Gasteiger partial charge is 0.237 e. The Morgan fingerprint density at radius 2 is 2.06 bits per heavy atom. The minimum atomic E-state index is -0.555. The normalized spacial score (nSPS) is 22.7. The zero-order valence-electron chi connectivity index (χ0n) is 11.4. The van der Waals surface area contributed by atoms with Gasteiger partial charge in [0.25, 0.3) is 0 Å². The summed E-state index contributed by atoms with van der Waals surface area (Å²) in [6.45, 7) is 3.52. The van der Waals surface area contributed by atoms with Crippen molar-refractivity contribution < 1.29 is 9.53 Å². The molecule has 4 nitrogen and oxygen atoms in total. The first kappa shape index (κ1) is 13.8. The Labute approximate surface area is 110 Å². The molecule has 2 rings (SSSR count). The summed E-state index contributed by atoms with van der Waals surface area (Å²) in [5, 5.41) is 3.36. The molecule has 2 aliphatic carbocycles. The Hall–Kier alpha value is -0.610. The second-order valence-corrected chi connectivity index (χ2v) is 6.06. The highest BCUT2D eigenvalue weighted by Gasteiger charge is 2.36. The van der Waals surface area contributed by atoms with Crippen LogP contribution in [-0.4, -0.2) is 30.7 Å². The summed E-state index contributed by atoms with van der Waals surface area (Å²) in [5.41, 5.74) is 4.94. The predicted octanol–water partition coefficient (Wildman–Crippen LogP) is 1.58. The third kappa shape index (κ3) is 4.58. The Kier molecular flexibility index (Phi) is 4.62. The molecule has 0 aromatic heterocycles. The van der Waals surface area contributed by atoms with Gasteiger partial charge in [0.05, 0.1) is 5.54 Å². The first-order chi connectivity index (χ1) is 8.60. The molecule has 0 heterocycles. The number of nitrogens with one attached hydrogen (secondary N) is 1. The Morgan fingerprint density at radius 3 is 2.61 bits per heavy atom. The van der Waals surface area contributed by atoms with Crippen molar-refractivity contribution >= 4 is 5.91 Å². The maximum atomic E-state index is 11.5. The SMILES string of the molecule is CC(CCCOCCC1CC1)(NC1CC1)C(N)=O. The topological polar surface area (TPSA) is 64.3 Å². The van der Waals surface area contributed by atoms with E-state index in [-0.39, 0.29) is 5.91 Å². The molecule has 4 heteroatoms. The van der Waals surface area contributed by atoms with Crippen molar-refractivity contribution in [2.75, 3.05) is 13.2 Å². The lowest BCUT2D eigenvalue weighted by Crippen LogP contribution is -2.54. The monoisotopic (exact) mass is 254 g/mol. The molecule has 2 aliphatic rings. The summed E-state index contributed by atoms with van der Waals surface area (Å²) >= 11 is 0. The molecule has 0 aromatic rings. The number of amides is 1. The van der Waals surface area contributed by atoms with Gasteiger partial charge in [-0.1, -0.05) is 12.8 Å². The molecule has 0 radical (unpaired) electrons. The molecule has 1 atom stereocenters. The quantitative estimate of drug-likeness (QED) is 0.582. The Bertz CT molecular complexity index is 288. The highest BCUT2D eigenvalue weighted by molar-refractivity contribution is 5.84. The van der Waals surface area contributed by atoms with Crippen molar-refractivity contribution in [3.05, 3.63) is 0 Å². The van der Waals surface area contributed by atoms with E-state index in [2.05, 4.69) is 5.32 Å². The molecule has 3 N–H and O–H groups in total. The van der Waals surface area contributed by atoms with E-state index in [1.165, 1.54) is 32.1 Å². The van der Waals surface area contributed by atoms with Crippen LogP contribution < -0.4 is 11.1 Å². The zero-order valence-corrected chi connectivity index (χ0v) is 11.4. The lowest BCUT2D eigenvalue weighted by atomic mass is 9.95. The zero-order chi connectivity index (χ0) is 13.0. The van der Waals surface area contributed by atoms with Crippen molar-refractivity contribution in [3.8, 4) is 0 Å². The van der Waals surface area contributed by atoms with Gasteiger partial charge in [0.1, 0.15) is 0 Å². The van der Waals surface area contributed by atoms with Gasteiger partial charge in [-0.25, -0.2) is 0 Å². The van der Waals surface area contributed by atoms with Crippen molar-refractivity contribution in [2.45, 2.75) is 63.5 Å². The molecular formula is C14H26N2O2. The number of carbonyl (C=O) groups is 1. The Morgan fingerprint density at radius 1 is 1.33 bits per heavy atom.